The third-order valence-electron chi connectivity index (χ3n) is 8.00. The number of hydrogen-bond acceptors (Lipinski definition) is 6. The van der Waals surface area contributed by atoms with Gasteiger partial charge in [0.05, 0.1) is 35.0 Å². The van der Waals surface area contributed by atoms with Gasteiger partial charge in [-0.3, -0.25) is 24.0 Å². The summed E-state index contributed by atoms with van der Waals surface area (Å²) in [5, 5.41) is 8.65. The summed E-state index contributed by atoms with van der Waals surface area (Å²) in [5.41, 5.74) is 4.63. The van der Waals surface area contributed by atoms with E-state index in [1.807, 2.05) is 68.0 Å². The van der Waals surface area contributed by atoms with Crippen molar-refractivity contribution in [3.8, 4) is 0 Å². The van der Waals surface area contributed by atoms with Crippen molar-refractivity contribution < 1.29 is 14.4 Å². The van der Waals surface area contributed by atoms with E-state index in [9.17, 15) is 14.4 Å². The second-order valence-electron chi connectivity index (χ2n) is 10.4. The van der Waals surface area contributed by atoms with Crippen molar-refractivity contribution in [2.24, 2.45) is 13.0 Å². The Bertz CT molecular complexity index is 1590. The first kappa shape index (κ1) is 25.3. The smallest absolute Gasteiger partial charge is 0.264 e. The fourth-order valence-electron chi connectivity index (χ4n) is 5.80. The van der Waals surface area contributed by atoms with Crippen LogP contribution in [0.25, 0.3) is 10.1 Å². The van der Waals surface area contributed by atoms with Crippen molar-refractivity contribution in [1.29, 1.82) is 0 Å². The zero-order valence-electron chi connectivity index (χ0n) is 22.4. The maximum Gasteiger partial charge on any atom is 0.264 e. The highest BCUT2D eigenvalue weighted by atomic mass is 32.1. The van der Waals surface area contributed by atoms with Gasteiger partial charge in [-0.25, -0.2) is 0 Å². The molecule has 0 spiro atoms. The molecule has 200 valence electrons. The first-order chi connectivity index (χ1) is 18.8. The summed E-state index contributed by atoms with van der Waals surface area (Å²) >= 11 is 1.60. The van der Waals surface area contributed by atoms with E-state index < -0.39 is 0 Å². The molecule has 0 aliphatic carbocycles. The average molecular weight is 542 g/mol. The maximum atomic E-state index is 13.6. The van der Waals surface area contributed by atoms with Gasteiger partial charge in [-0.15, -0.1) is 11.3 Å². The van der Waals surface area contributed by atoms with E-state index in [1.54, 1.807) is 17.4 Å². The van der Waals surface area contributed by atoms with Crippen LogP contribution in [0.1, 0.15) is 55.4 Å². The minimum absolute atomic E-state index is 0.00344. The molecule has 0 bridgehead atoms. The number of fused-ring (bicyclic) bond motifs is 2. The topological polar surface area (TPSA) is 87.5 Å². The molecule has 1 N–H and O–H groups in total. The fourth-order valence-corrected chi connectivity index (χ4v) is 6.85. The van der Waals surface area contributed by atoms with Gasteiger partial charge < -0.3 is 10.2 Å². The van der Waals surface area contributed by atoms with Crippen molar-refractivity contribution in [1.82, 2.24) is 20.0 Å². The minimum atomic E-state index is -0.267. The Labute approximate surface area is 231 Å². The molecule has 4 aromatic rings. The monoisotopic (exact) mass is 541 g/mol. The Morgan fingerprint density at radius 1 is 1.10 bits per heavy atom. The summed E-state index contributed by atoms with van der Waals surface area (Å²) < 4.78 is 2.97. The maximum absolute atomic E-state index is 13.6. The number of thiophene rings is 1. The number of amides is 3. The van der Waals surface area contributed by atoms with Gasteiger partial charge in [0.25, 0.3) is 11.8 Å². The SMILES string of the molecule is Cc1nn(C)c(C)c1CNC(=O)C1CCCN(c2cccc3c2C(=O)N(Cc2cc4ccccc4s2)C3=O)C1. The lowest BCUT2D eigenvalue weighted by Gasteiger charge is -2.34. The van der Waals surface area contributed by atoms with Crippen LogP contribution in [0.2, 0.25) is 0 Å². The van der Waals surface area contributed by atoms with Crippen molar-refractivity contribution in [3.05, 3.63) is 81.5 Å². The number of nitrogens with zero attached hydrogens (tertiary/aromatic N) is 4. The van der Waals surface area contributed by atoms with E-state index >= 15 is 0 Å². The first-order valence-corrected chi connectivity index (χ1v) is 14.1. The lowest BCUT2D eigenvalue weighted by molar-refractivity contribution is -0.125. The predicted molar refractivity (Wildman–Crippen MR) is 152 cm³/mol. The van der Waals surface area contributed by atoms with Crippen LogP contribution in [0.5, 0.6) is 0 Å². The minimum Gasteiger partial charge on any atom is -0.370 e. The van der Waals surface area contributed by atoms with Gasteiger partial charge in [0.2, 0.25) is 5.91 Å². The average Bonchev–Trinajstić information content (AvgIpc) is 3.55. The number of carbonyl (C=O) groups excluding carboxylic acids is 3. The zero-order chi connectivity index (χ0) is 27.3. The standard InChI is InChI=1S/C30H31N5O3S/c1-18-24(19(2)33(3)32-18)15-31-28(36)21-9-7-13-34(16-21)25-11-6-10-23-27(25)30(38)35(29(23)37)17-22-14-20-8-4-5-12-26(20)39-22/h4-6,8,10-12,14,21H,7,9,13,15-17H2,1-3H3,(H,31,36). The Morgan fingerprint density at radius 3 is 2.69 bits per heavy atom. The molecular weight excluding hydrogens is 510 g/mol. The van der Waals surface area contributed by atoms with Crippen LogP contribution in [-0.4, -0.2) is 45.5 Å². The molecule has 2 aromatic carbocycles. The highest BCUT2D eigenvalue weighted by molar-refractivity contribution is 7.19. The number of rotatable bonds is 6. The molecule has 2 aromatic heterocycles. The van der Waals surface area contributed by atoms with Crippen LogP contribution < -0.4 is 10.2 Å². The second-order valence-corrected chi connectivity index (χ2v) is 11.6. The van der Waals surface area contributed by atoms with Gasteiger partial charge in [-0.1, -0.05) is 24.3 Å². The van der Waals surface area contributed by atoms with Crippen LogP contribution in [-0.2, 0) is 24.9 Å². The van der Waals surface area contributed by atoms with Crippen LogP contribution in [0, 0.1) is 19.8 Å². The number of hydrogen-bond donors (Lipinski definition) is 1. The molecule has 1 saturated heterocycles. The quantitative estimate of drug-likeness (QED) is 0.361. The predicted octanol–water partition coefficient (Wildman–Crippen LogP) is 4.58. The molecule has 3 amide bonds. The van der Waals surface area contributed by atoms with E-state index in [0.717, 1.165) is 57.0 Å². The van der Waals surface area contributed by atoms with Crippen LogP contribution in [0.3, 0.4) is 0 Å². The molecule has 9 heteroatoms. The summed E-state index contributed by atoms with van der Waals surface area (Å²) in [4.78, 5) is 44.5. The van der Waals surface area contributed by atoms with E-state index in [1.165, 1.54) is 4.90 Å². The molecule has 0 saturated carbocycles. The highest BCUT2D eigenvalue weighted by Crippen LogP contribution is 2.36. The van der Waals surface area contributed by atoms with E-state index in [-0.39, 0.29) is 30.2 Å². The van der Waals surface area contributed by atoms with Gasteiger partial charge >= 0.3 is 0 Å². The van der Waals surface area contributed by atoms with Gasteiger partial charge in [0, 0.05) is 47.5 Å². The molecule has 1 fully saturated rings. The summed E-state index contributed by atoms with van der Waals surface area (Å²) in [5.74, 6) is -0.725. The van der Waals surface area contributed by atoms with E-state index in [4.69, 9.17) is 0 Å². The van der Waals surface area contributed by atoms with Crippen molar-refractivity contribution >= 4 is 44.8 Å². The van der Waals surface area contributed by atoms with Crippen molar-refractivity contribution in [2.75, 3.05) is 18.0 Å². The highest BCUT2D eigenvalue weighted by Gasteiger charge is 2.39. The molecule has 1 atom stereocenters. The molecule has 39 heavy (non-hydrogen) atoms. The molecule has 2 aliphatic rings. The molecule has 6 rings (SSSR count). The molecular formula is C30H31N5O3S. The van der Waals surface area contributed by atoms with E-state index in [0.29, 0.717) is 24.2 Å². The number of imide groups is 1. The number of nitrogens with one attached hydrogen (secondary N) is 1. The van der Waals surface area contributed by atoms with Crippen LogP contribution in [0.4, 0.5) is 5.69 Å². The summed E-state index contributed by atoms with van der Waals surface area (Å²) in [6.07, 6.45) is 1.62. The molecule has 8 nitrogen and oxygen atoms in total. The zero-order valence-corrected chi connectivity index (χ0v) is 23.2. The van der Waals surface area contributed by atoms with Gasteiger partial charge in [-0.05, 0) is 56.3 Å². The summed E-state index contributed by atoms with van der Waals surface area (Å²) in [6.45, 7) is 5.89. The van der Waals surface area contributed by atoms with Crippen molar-refractivity contribution in [2.45, 2.75) is 39.8 Å². The molecule has 1 unspecified atom stereocenters. The number of piperidine rings is 1. The summed E-state index contributed by atoms with van der Waals surface area (Å²) in [7, 11) is 1.90. The van der Waals surface area contributed by atoms with E-state index in [2.05, 4.69) is 15.3 Å². The number of aryl methyl sites for hydroxylation is 2. The summed E-state index contributed by atoms with van der Waals surface area (Å²) in [6, 6.07) is 15.6. The van der Waals surface area contributed by atoms with Crippen LogP contribution in [0.15, 0.2) is 48.5 Å². The third-order valence-corrected chi connectivity index (χ3v) is 9.10. The number of carbonyl (C=O) groups is 3. The van der Waals surface area contributed by atoms with Gasteiger partial charge in [0.1, 0.15) is 0 Å². The molecule has 0 radical (unpaired) electrons. The third kappa shape index (κ3) is 4.50. The Hall–Kier alpha value is -3.98. The first-order valence-electron chi connectivity index (χ1n) is 13.3. The lowest BCUT2D eigenvalue weighted by atomic mass is 9.95. The number of aromatic nitrogens is 2. The van der Waals surface area contributed by atoms with Gasteiger partial charge in [-0.2, -0.15) is 5.10 Å². The fraction of sp³-hybridized carbons (Fsp3) is 0.333. The Kier molecular flexibility index (Phi) is 6.46. The van der Waals surface area contributed by atoms with Crippen molar-refractivity contribution in [3.63, 3.8) is 0 Å². The van der Waals surface area contributed by atoms with Crippen LogP contribution >= 0.6 is 11.3 Å². The molecule has 4 heterocycles. The van der Waals surface area contributed by atoms with Gasteiger partial charge in [0.15, 0.2) is 0 Å². The number of anilines is 1. The normalized spacial score (nSPS) is 17.3. The second kappa shape index (κ2) is 9.96. The largest absolute Gasteiger partial charge is 0.370 e. The molecule has 2 aliphatic heterocycles. The Balaban J connectivity index is 1.19. The number of benzene rings is 2. The Morgan fingerprint density at radius 2 is 1.92 bits per heavy atom. The lowest BCUT2D eigenvalue weighted by Crippen LogP contribution is -2.43.